The summed E-state index contributed by atoms with van der Waals surface area (Å²) in [6.45, 7) is 1.57. The SMILES string of the molecule is C[C@H]1C[C@@]2(CCN1C(=O)O)OCC(=O)c1cc(C(F)(F)F)sc12. The molecule has 1 spiro atoms. The summed E-state index contributed by atoms with van der Waals surface area (Å²) in [4.78, 5) is 23.8. The third-order valence-corrected chi connectivity index (χ3v) is 5.73. The van der Waals surface area contributed by atoms with Crippen molar-refractivity contribution in [3.8, 4) is 0 Å². The Labute approximate surface area is 133 Å². The second kappa shape index (κ2) is 5.20. The van der Waals surface area contributed by atoms with Gasteiger partial charge in [-0.25, -0.2) is 4.79 Å². The molecule has 9 heteroatoms. The molecule has 1 aromatic rings. The zero-order chi connectivity index (χ0) is 17.0. The van der Waals surface area contributed by atoms with Gasteiger partial charge < -0.3 is 14.7 Å². The summed E-state index contributed by atoms with van der Waals surface area (Å²) < 4.78 is 44.6. The van der Waals surface area contributed by atoms with Crippen molar-refractivity contribution in [2.45, 2.75) is 37.6 Å². The van der Waals surface area contributed by atoms with Gasteiger partial charge >= 0.3 is 12.3 Å². The lowest BCUT2D eigenvalue weighted by Gasteiger charge is -2.45. The van der Waals surface area contributed by atoms with E-state index < -0.39 is 34.6 Å². The van der Waals surface area contributed by atoms with Crippen LogP contribution in [0.3, 0.4) is 0 Å². The molecule has 1 aromatic heterocycles. The van der Waals surface area contributed by atoms with Crippen molar-refractivity contribution in [3.63, 3.8) is 0 Å². The fraction of sp³-hybridized carbons (Fsp3) is 0.571. The van der Waals surface area contributed by atoms with E-state index in [0.29, 0.717) is 11.3 Å². The van der Waals surface area contributed by atoms with Crippen LogP contribution in [0.2, 0.25) is 0 Å². The number of fused-ring (bicyclic) bond motifs is 2. The Morgan fingerprint density at radius 2 is 2.22 bits per heavy atom. The van der Waals surface area contributed by atoms with Crippen molar-refractivity contribution in [3.05, 3.63) is 21.4 Å². The van der Waals surface area contributed by atoms with Gasteiger partial charge in [-0.2, -0.15) is 13.2 Å². The molecule has 1 amide bonds. The lowest BCUT2D eigenvalue weighted by molar-refractivity contribution is -0.134. The fourth-order valence-electron chi connectivity index (χ4n) is 3.26. The molecule has 126 valence electrons. The number of carbonyl (C=O) groups is 2. The van der Waals surface area contributed by atoms with Crippen LogP contribution in [0.5, 0.6) is 0 Å². The van der Waals surface area contributed by atoms with E-state index in [9.17, 15) is 22.8 Å². The van der Waals surface area contributed by atoms with E-state index in [1.807, 2.05) is 0 Å². The third-order valence-electron chi connectivity index (χ3n) is 4.36. The van der Waals surface area contributed by atoms with Crippen molar-refractivity contribution >= 4 is 23.2 Å². The zero-order valence-electron chi connectivity index (χ0n) is 12.1. The maximum atomic E-state index is 13.0. The number of Topliss-reactive ketones (excluding diaryl/α,β-unsaturated/α-hetero) is 1. The van der Waals surface area contributed by atoms with Crippen LogP contribution < -0.4 is 0 Å². The summed E-state index contributed by atoms with van der Waals surface area (Å²) in [6.07, 6.45) is -5.11. The molecule has 0 aromatic carbocycles. The van der Waals surface area contributed by atoms with E-state index >= 15 is 0 Å². The quantitative estimate of drug-likeness (QED) is 0.780. The Kier molecular flexibility index (Phi) is 3.68. The van der Waals surface area contributed by atoms with Gasteiger partial charge in [-0.05, 0) is 19.4 Å². The minimum atomic E-state index is -4.52. The van der Waals surface area contributed by atoms with Crippen LogP contribution in [0.1, 0.15) is 39.9 Å². The van der Waals surface area contributed by atoms with Gasteiger partial charge in [0.1, 0.15) is 17.1 Å². The van der Waals surface area contributed by atoms with Crippen molar-refractivity contribution in [2.24, 2.45) is 0 Å². The molecule has 2 atom stereocenters. The number of carbonyl (C=O) groups excluding carboxylic acids is 1. The maximum Gasteiger partial charge on any atom is 0.425 e. The standard InChI is InChI=1S/C14H14F3NO4S/c1-7-5-13(2-3-18(7)12(20)21)11-8(9(19)6-22-13)4-10(23-11)14(15,16)17/h4,7H,2-3,5-6H2,1H3,(H,20,21)/t7-,13+/m0/s1. The molecule has 0 bridgehead atoms. The Balaban J connectivity index is 2.01. The molecule has 0 aliphatic carbocycles. The molecular formula is C14H14F3NO4S. The zero-order valence-corrected chi connectivity index (χ0v) is 13.0. The van der Waals surface area contributed by atoms with Gasteiger partial charge in [-0.15, -0.1) is 11.3 Å². The van der Waals surface area contributed by atoms with Gasteiger partial charge in [0.05, 0.1) is 0 Å². The number of ketones is 1. The highest BCUT2D eigenvalue weighted by Gasteiger charge is 2.49. The molecule has 0 radical (unpaired) electrons. The number of nitrogens with zero attached hydrogens (tertiary/aromatic N) is 1. The van der Waals surface area contributed by atoms with Gasteiger partial charge in [-0.3, -0.25) is 4.79 Å². The summed E-state index contributed by atoms with van der Waals surface area (Å²) >= 11 is 0.526. The summed E-state index contributed by atoms with van der Waals surface area (Å²) in [6, 6.07) is 0.486. The topological polar surface area (TPSA) is 66.8 Å². The first kappa shape index (κ1) is 16.3. The Bertz CT molecular complexity index is 671. The van der Waals surface area contributed by atoms with Crippen LogP contribution in [-0.2, 0) is 16.5 Å². The predicted octanol–water partition coefficient (Wildman–Crippen LogP) is 3.34. The lowest BCUT2D eigenvalue weighted by atomic mass is 9.82. The highest BCUT2D eigenvalue weighted by molar-refractivity contribution is 7.12. The minimum absolute atomic E-state index is 0.0598. The van der Waals surface area contributed by atoms with Crippen molar-refractivity contribution in [2.75, 3.05) is 13.2 Å². The number of thiophene rings is 1. The molecule has 0 unspecified atom stereocenters. The number of ether oxygens (including phenoxy) is 1. The Morgan fingerprint density at radius 1 is 1.52 bits per heavy atom. The number of likely N-dealkylation sites (tertiary alicyclic amines) is 1. The first-order valence-corrected chi connectivity index (χ1v) is 7.84. The average molecular weight is 349 g/mol. The van der Waals surface area contributed by atoms with Gasteiger partial charge in [-0.1, -0.05) is 0 Å². The van der Waals surface area contributed by atoms with Gasteiger partial charge in [0.2, 0.25) is 0 Å². The van der Waals surface area contributed by atoms with Crippen LogP contribution >= 0.6 is 11.3 Å². The Morgan fingerprint density at radius 3 is 2.78 bits per heavy atom. The normalized spacial score (nSPS) is 28.1. The first-order valence-electron chi connectivity index (χ1n) is 7.02. The molecule has 1 saturated heterocycles. The van der Waals surface area contributed by atoms with Crippen LogP contribution in [0.25, 0.3) is 0 Å². The second-order valence-corrected chi connectivity index (χ2v) is 6.89. The maximum absolute atomic E-state index is 13.0. The van der Waals surface area contributed by atoms with E-state index in [1.165, 1.54) is 4.90 Å². The number of alkyl halides is 3. The summed E-state index contributed by atoms with van der Waals surface area (Å²) in [5.41, 5.74) is -0.951. The highest BCUT2D eigenvalue weighted by atomic mass is 32.1. The van der Waals surface area contributed by atoms with Gasteiger partial charge in [0.25, 0.3) is 0 Å². The number of carboxylic acid groups (broad SMARTS) is 1. The van der Waals surface area contributed by atoms with Crippen molar-refractivity contribution in [1.29, 1.82) is 0 Å². The molecule has 1 fully saturated rings. The minimum Gasteiger partial charge on any atom is -0.465 e. The highest BCUT2D eigenvalue weighted by Crippen LogP contribution is 2.49. The molecule has 3 rings (SSSR count). The molecule has 23 heavy (non-hydrogen) atoms. The first-order chi connectivity index (χ1) is 10.6. The molecule has 5 nitrogen and oxygen atoms in total. The third kappa shape index (κ3) is 2.61. The molecular weight excluding hydrogens is 335 g/mol. The fourth-order valence-corrected chi connectivity index (χ4v) is 4.48. The van der Waals surface area contributed by atoms with Crippen LogP contribution in [0, 0.1) is 0 Å². The van der Waals surface area contributed by atoms with Crippen LogP contribution in [0.4, 0.5) is 18.0 Å². The monoisotopic (exact) mass is 349 g/mol. The van der Waals surface area contributed by atoms with Crippen LogP contribution in [0.15, 0.2) is 6.07 Å². The summed E-state index contributed by atoms with van der Waals surface area (Å²) in [7, 11) is 0. The second-order valence-electron chi connectivity index (χ2n) is 5.84. The number of halogens is 3. The number of hydrogen-bond donors (Lipinski definition) is 1. The van der Waals surface area contributed by atoms with E-state index in [4.69, 9.17) is 9.84 Å². The largest absolute Gasteiger partial charge is 0.465 e. The Hall–Kier alpha value is -1.61. The summed E-state index contributed by atoms with van der Waals surface area (Å²) in [5, 5.41) is 9.13. The van der Waals surface area contributed by atoms with Crippen molar-refractivity contribution < 1.29 is 32.6 Å². The van der Waals surface area contributed by atoms with Crippen LogP contribution in [-0.4, -0.2) is 41.1 Å². The molecule has 3 heterocycles. The molecule has 1 N–H and O–H groups in total. The number of piperidine rings is 1. The average Bonchev–Trinajstić information content (AvgIpc) is 2.90. The van der Waals surface area contributed by atoms with E-state index in [-0.39, 0.29) is 36.4 Å². The van der Waals surface area contributed by atoms with Crippen molar-refractivity contribution in [1.82, 2.24) is 4.90 Å². The number of amides is 1. The number of rotatable bonds is 0. The molecule has 2 aliphatic rings. The lowest BCUT2D eigenvalue weighted by Crippen LogP contribution is -2.52. The summed E-state index contributed by atoms with van der Waals surface area (Å²) in [5.74, 6) is -0.467. The predicted molar refractivity (Wildman–Crippen MR) is 74.7 cm³/mol. The smallest absolute Gasteiger partial charge is 0.425 e. The van der Waals surface area contributed by atoms with E-state index in [0.717, 1.165) is 6.07 Å². The van der Waals surface area contributed by atoms with Gasteiger partial charge in [0.15, 0.2) is 5.78 Å². The van der Waals surface area contributed by atoms with Gasteiger partial charge in [0, 0.05) is 29.4 Å². The molecule has 0 saturated carbocycles. The number of hydrogen-bond acceptors (Lipinski definition) is 4. The molecule has 2 aliphatic heterocycles. The van der Waals surface area contributed by atoms with E-state index in [1.54, 1.807) is 6.92 Å². The van der Waals surface area contributed by atoms with E-state index in [2.05, 4.69) is 0 Å².